The summed E-state index contributed by atoms with van der Waals surface area (Å²) in [5, 5.41) is 4.84. The molecule has 11 aromatic rings. The Balaban J connectivity index is 0.960. The van der Waals surface area contributed by atoms with Gasteiger partial charge in [-0.2, -0.15) is 0 Å². The molecule has 11 aromatic carbocycles. The summed E-state index contributed by atoms with van der Waals surface area (Å²) < 4.78 is 0. The highest BCUT2D eigenvalue weighted by Gasteiger charge is 2.26. The number of para-hydroxylation sites is 3. The minimum atomic E-state index is 0.128. The molecule has 0 amide bonds. The Hall–Kier alpha value is -9.18. The number of nitrogens with zero attached hydrogens (tertiary/aromatic N) is 3. The highest BCUT2D eigenvalue weighted by Crippen LogP contribution is 2.48. The number of rotatable bonds is 13. The van der Waals surface area contributed by atoms with Crippen molar-refractivity contribution in [2.75, 3.05) is 14.7 Å². The molecule has 12 rings (SSSR count). The maximum atomic E-state index is 2.55. The first-order valence-electron chi connectivity index (χ1n) is 25.4. The third-order valence-corrected chi connectivity index (χ3v) is 14.4. The Bertz CT molecular complexity index is 3620. The third-order valence-electron chi connectivity index (χ3n) is 14.4. The summed E-state index contributed by atoms with van der Waals surface area (Å²) in [6, 6.07) is 97.2. The first-order chi connectivity index (χ1) is 36.2. The lowest BCUT2D eigenvalue weighted by Crippen LogP contribution is -2.30. The van der Waals surface area contributed by atoms with Gasteiger partial charge in [-0.3, -0.25) is 0 Å². The molecule has 0 bridgehead atoms. The SMILES string of the molecule is Cc1cc(N(c2ccccc2)c2ccc(N(c3ccccc3)c3ccccc3)cc2)c2ccccc2c1-c1ccc(N(c2ccc(C(c3ccccc3)c3ccccc3)cc2)C2C=CC=CC2)c2ccccc12. The molecule has 0 fully saturated rings. The van der Waals surface area contributed by atoms with Crippen molar-refractivity contribution in [2.24, 2.45) is 0 Å². The highest BCUT2D eigenvalue weighted by molar-refractivity contribution is 6.13. The van der Waals surface area contributed by atoms with Crippen LogP contribution in [0.4, 0.5) is 45.5 Å². The van der Waals surface area contributed by atoms with Crippen LogP contribution >= 0.6 is 0 Å². The van der Waals surface area contributed by atoms with Gasteiger partial charge in [-0.25, -0.2) is 0 Å². The van der Waals surface area contributed by atoms with Crippen molar-refractivity contribution < 1.29 is 0 Å². The van der Waals surface area contributed by atoms with Crippen LogP contribution in [0.1, 0.15) is 34.6 Å². The molecule has 0 saturated heterocycles. The summed E-state index contributed by atoms with van der Waals surface area (Å²) in [6.07, 6.45) is 9.91. The lowest BCUT2D eigenvalue weighted by Gasteiger charge is -2.34. The number of hydrogen-bond acceptors (Lipinski definition) is 3. The number of hydrogen-bond donors (Lipinski definition) is 0. The van der Waals surface area contributed by atoms with Crippen molar-refractivity contribution in [3.8, 4) is 11.1 Å². The average molecular weight is 938 g/mol. The first-order valence-corrected chi connectivity index (χ1v) is 25.4. The molecule has 0 radical (unpaired) electrons. The van der Waals surface area contributed by atoms with Gasteiger partial charge in [0.05, 0.1) is 11.7 Å². The van der Waals surface area contributed by atoms with Crippen LogP contribution < -0.4 is 14.7 Å². The predicted octanol–water partition coefficient (Wildman–Crippen LogP) is 19.1. The second-order valence-electron chi connectivity index (χ2n) is 18.8. The Kier molecular flexibility index (Phi) is 12.5. The largest absolute Gasteiger partial charge is 0.334 e. The molecule has 3 heteroatoms. The van der Waals surface area contributed by atoms with Gasteiger partial charge in [0.25, 0.3) is 0 Å². The van der Waals surface area contributed by atoms with E-state index in [1.165, 1.54) is 66.3 Å². The van der Waals surface area contributed by atoms with Crippen LogP contribution in [0.5, 0.6) is 0 Å². The number of benzene rings is 11. The zero-order valence-electron chi connectivity index (χ0n) is 40.9. The lowest BCUT2D eigenvalue weighted by atomic mass is 9.85. The molecule has 1 unspecified atom stereocenters. The molecule has 0 spiro atoms. The molecule has 3 nitrogen and oxygen atoms in total. The fourth-order valence-corrected chi connectivity index (χ4v) is 11.1. The van der Waals surface area contributed by atoms with Gasteiger partial charge in [0.1, 0.15) is 0 Å². The molecule has 0 saturated carbocycles. The monoisotopic (exact) mass is 937 g/mol. The lowest BCUT2D eigenvalue weighted by molar-refractivity contribution is 0.787. The quantitative estimate of drug-likeness (QED) is 0.107. The fourth-order valence-electron chi connectivity index (χ4n) is 11.1. The summed E-state index contributed by atoms with van der Waals surface area (Å²) >= 11 is 0. The van der Waals surface area contributed by atoms with Gasteiger partial charge in [-0.1, -0.05) is 206 Å². The highest BCUT2D eigenvalue weighted by atomic mass is 15.2. The normalized spacial score (nSPS) is 13.1. The number of anilines is 8. The van der Waals surface area contributed by atoms with Gasteiger partial charge < -0.3 is 14.7 Å². The van der Waals surface area contributed by atoms with E-state index in [4.69, 9.17) is 0 Å². The molecule has 1 aliphatic carbocycles. The van der Waals surface area contributed by atoms with Crippen molar-refractivity contribution >= 4 is 67.0 Å². The van der Waals surface area contributed by atoms with E-state index in [1.807, 2.05) is 0 Å². The average Bonchev–Trinajstić information content (AvgIpc) is 3.46. The molecule has 1 atom stereocenters. The predicted molar refractivity (Wildman–Crippen MR) is 310 cm³/mol. The molecular formula is C70H55N3. The summed E-state index contributed by atoms with van der Waals surface area (Å²) in [4.78, 5) is 7.27. The van der Waals surface area contributed by atoms with Gasteiger partial charge in [-0.15, -0.1) is 0 Å². The van der Waals surface area contributed by atoms with E-state index in [1.54, 1.807) is 0 Å². The second-order valence-corrected chi connectivity index (χ2v) is 18.8. The van der Waals surface area contributed by atoms with E-state index in [9.17, 15) is 0 Å². The van der Waals surface area contributed by atoms with Crippen molar-refractivity contribution in [3.63, 3.8) is 0 Å². The first kappa shape index (κ1) is 45.0. The van der Waals surface area contributed by atoms with E-state index in [2.05, 4.69) is 313 Å². The van der Waals surface area contributed by atoms with E-state index in [-0.39, 0.29) is 12.0 Å². The number of aryl methyl sites for hydroxylation is 1. The number of allylic oxidation sites excluding steroid dienone is 2. The smallest absolute Gasteiger partial charge is 0.0560 e. The number of fused-ring (bicyclic) bond motifs is 2. The molecule has 350 valence electrons. The van der Waals surface area contributed by atoms with Crippen LogP contribution in [0, 0.1) is 6.92 Å². The Labute approximate surface area is 429 Å². The van der Waals surface area contributed by atoms with Crippen molar-refractivity contribution in [1.82, 2.24) is 0 Å². The maximum absolute atomic E-state index is 2.55. The molecular weight excluding hydrogens is 883 g/mol. The maximum Gasteiger partial charge on any atom is 0.0560 e. The topological polar surface area (TPSA) is 9.72 Å². The van der Waals surface area contributed by atoms with Gasteiger partial charge in [-0.05, 0) is 142 Å². The summed E-state index contributed by atoms with van der Waals surface area (Å²) in [5.74, 6) is 0.128. The minimum absolute atomic E-state index is 0.128. The third kappa shape index (κ3) is 8.87. The summed E-state index contributed by atoms with van der Waals surface area (Å²) in [7, 11) is 0. The summed E-state index contributed by atoms with van der Waals surface area (Å²) in [6.45, 7) is 2.28. The van der Waals surface area contributed by atoms with Crippen LogP contribution in [-0.2, 0) is 0 Å². The molecule has 0 N–H and O–H groups in total. The van der Waals surface area contributed by atoms with Gasteiger partial charge in [0.2, 0.25) is 0 Å². The zero-order chi connectivity index (χ0) is 48.9. The minimum Gasteiger partial charge on any atom is -0.334 e. The molecule has 1 aliphatic rings. The van der Waals surface area contributed by atoms with E-state index in [0.717, 1.165) is 40.5 Å². The molecule has 73 heavy (non-hydrogen) atoms. The van der Waals surface area contributed by atoms with Crippen LogP contribution in [0.2, 0.25) is 0 Å². The van der Waals surface area contributed by atoms with Crippen molar-refractivity contribution in [1.29, 1.82) is 0 Å². The van der Waals surface area contributed by atoms with Crippen LogP contribution in [0.25, 0.3) is 32.7 Å². The van der Waals surface area contributed by atoms with E-state index in [0.29, 0.717) is 0 Å². The van der Waals surface area contributed by atoms with Crippen molar-refractivity contribution in [3.05, 3.63) is 313 Å². The molecule has 0 aliphatic heterocycles. The van der Waals surface area contributed by atoms with Gasteiger partial charge in [0, 0.05) is 56.5 Å². The Morgan fingerprint density at radius 3 is 1.32 bits per heavy atom. The van der Waals surface area contributed by atoms with Crippen LogP contribution in [-0.4, -0.2) is 6.04 Å². The fraction of sp³-hybridized carbons (Fsp3) is 0.0571. The molecule has 0 aromatic heterocycles. The molecule has 0 heterocycles. The summed E-state index contributed by atoms with van der Waals surface area (Å²) in [5.41, 5.74) is 16.5. The van der Waals surface area contributed by atoms with Gasteiger partial charge in [0.15, 0.2) is 0 Å². The Morgan fingerprint density at radius 1 is 0.356 bits per heavy atom. The van der Waals surface area contributed by atoms with Crippen molar-refractivity contribution in [2.45, 2.75) is 25.3 Å². The second kappa shape index (κ2) is 20.3. The Morgan fingerprint density at radius 2 is 0.781 bits per heavy atom. The van der Waals surface area contributed by atoms with Gasteiger partial charge >= 0.3 is 0 Å². The van der Waals surface area contributed by atoms with Crippen LogP contribution in [0.3, 0.4) is 0 Å². The van der Waals surface area contributed by atoms with E-state index < -0.39 is 0 Å². The standard InChI is InChI=1S/C70H55N3/c1-51-50-68(73(58-34-18-7-19-35-58)61-46-44-59(45-47-61)71(55-28-12-4-13-29-55)56-30-14-5-15-31-56)64-38-22-23-39-65(64)69(51)66-48-49-67(63-37-21-20-36-62(63)66)72(57-32-16-6-17-33-57)60-42-40-54(41-43-60)70(52-24-8-2-9-25-52)53-26-10-3-11-27-53/h2-32,34-50,57,70H,33H2,1H3. The van der Waals surface area contributed by atoms with E-state index >= 15 is 0 Å². The zero-order valence-corrected chi connectivity index (χ0v) is 40.9. The van der Waals surface area contributed by atoms with Crippen LogP contribution in [0.15, 0.2) is 291 Å².